The van der Waals surface area contributed by atoms with Gasteiger partial charge in [-0.2, -0.15) is 0 Å². The first-order valence-electron chi connectivity index (χ1n) is 4.31. The molecule has 0 amide bonds. The van der Waals surface area contributed by atoms with E-state index in [0.717, 1.165) is 6.07 Å². The third-order valence-electron chi connectivity index (χ3n) is 2.18. The van der Waals surface area contributed by atoms with Crippen molar-refractivity contribution in [3.05, 3.63) is 29.1 Å². The van der Waals surface area contributed by atoms with E-state index in [1.54, 1.807) is 0 Å². The highest BCUT2D eigenvalue weighted by Gasteiger charge is 2.22. The molecule has 1 aromatic carbocycles. The number of halogens is 1. The highest BCUT2D eigenvalue weighted by molar-refractivity contribution is 6.00. The molecule has 0 aromatic heterocycles. The van der Waals surface area contributed by atoms with Crippen molar-refractivity contribution in [2.75, 3.05) is 6.61 Å². The van der Waals surface area contributed by atoms with Gasteiger partial charge in [0.15, 0.2) is 5.78 Å². The van der Waals surface area contributed by atoms with Crippen LogP contribution in [0.5, 0.6) is 5.75 Å². The molecule has 1 N–H and O–H groups in total. The summed E-state index contributed by atoms with van der Waals surface area (Å²) < 4.78 is 18.2. The first-order chi connectivity index (χ1) is 6.72. The lowest BCUT2D eigenvalue weighted by atomic mass is 10.0. The average Bonchev–Trinajstić information content (AvgIpc) is 2.18. The largest absolute Gasteiger partial charge is 0.492 e. The number of aliphatic hydroxyl groups is 1. The third-order valence-corrected chi connectivity index (χ3v) is 2.18. The molecule has 0 radical (unpaired) electrons. The molecule has 0 atom stereocenters. The van der Waals surface area contributed by atoms with Crippen molar-refractivity contribution in [1.29, 1.82) is 0 Å². The fraction of sp³-hybridized carbons (Fsp3) is 0.300. The summed E-state index contributed by atoms with van der Waals surface area (Å²) in [5.74, 6) is -0.336. The molecule has 4 heteroatoms. The van der Waals surface area contributed by atoms with Crippen LogP contribution in [0.3, 0.4) is 0 Å². The van der Waals surface area contributed by atoms with Crippen LogP contribution in [0.4, 0.5) is 4.39 Å². The number of aliphatic hydroxyl groups excluding tert-OH is 1. The van der Waals surface area contributed by atoms with E-state index >= 15 is 0 Å². The smallest absolute Gasteiger partial charge is 0.170 e. The van der Waals surface area contributed by atoms with Gasteiger partial charge < -0.3 is 9.84 Å². The van der Waals surface area contributed by atoms with Crippen LogP contribution < -0.4 is 4.74 Å². The Labute approximate surface area is 80.1 Å². The maximum Gasteiger partial charge on any atom is 0.170 e. The second-order valence-electron chi connectivity index (χ2n) is 3.12. The topological polar surface area (TPSA) is 46.5 Å². The van der Waals surface area contributed by atoms with Gasteiger partial charge in [-0.25, -0.2) is 4.39 Å². The molecule has 0 saturated carbocycles. The van der Waals surface area contributed by atoms with Crippen LogP contribution in [0.1, 0.15) is 22.3 Å². The van der Waals surface area contributed by atoms with Crippen LogP contribution in [0.25, 0.3) is 0 Å². The quantitative estimate of drug-likeness (QED) is 0.736. The summed E-state index contributed by atoms with van der Waals surface area (Å²) in [6, 6.07) is 2.33. The maximum absolute atomic E-state index is 13.0. The molecule has 2 rings (SSSR count). The Kier molecular flexibility index (Phi) is 2.21. The Morgan fingerprint density at radius 2 is 2.29 bits per heavy atom. The highest BCUT2D eigenvalue weighted by atomic mass is 19.1. The number of benzene rings is 1. The SMILES string of the molecule is O=C1CCOc2c(CO)cc(F)cc21. The summed E-state index contributed by atoms with van der Waals surface area (Å²) in [5, 5.41) is 8.95. The van der Waals surface area contributed by atoms with Crippen molar-refractivity contribution in [2.24, 2.45) is 0 Å². The second kappa shape index (κ2) is 3.38. The van der Waals surface area contributed by atoms with E-state index in [2.05, 4.69) is 0 Å². The van der Waals surface area contributed by atoms with Gasteiger partial charge in [0, 0.05) is 12.0 Å². The highest BCUT2D eigenvalue weighted by Crippen LogP contribution is 2.29. The summed E-state index contributed by atoms with van der Waals surface area (Å²) in [6.07, 6.45) is 0.265. The van der Waals surface area contributed by atoms with Crippen LogP contribution in [0.2, 0.25) is 0 Å². The van der Waals surface area contributed by atoms with Crippen molar-refractivity contribution < 1.29 is 19.0 Å². The molecular formula is C10H9FO3. The minimum Gasteiger partial charge on any atom is -0.492 e. The zero-order valence-electron chi connectivity index (χ0n) is 7.42. The van der Waals surface area contributed by atoms with Crippen LogP contribution in [-0.4, -0.2) is 17.5 Å². The van der Waals surface area contributed by atoms with E-state index in [0.29, 0.717) is 17.9 Å². The minimum absolute atomic E-state index is 0.138. The molecule has 0 spiro atoms. The number of carbonyl (C=O) groups is 1. The van der Waals surface area contributed by atoms with Crippen LogP contribution in [0.15, 0.2) is 12.1 Å². The van der Waals surface area contributed by atoms with Gasteiger partial charge in [-0.15, -0.1) is 0 Å². The second-order valence-corrected chi connectivity index (χ2v) is 3.12. The molecule has 0 fully saturated rings. The van der Waals surface area contributed by atoms with Crippen molar-refractivity contribution >= 4 is 5.78 Å². The summed E-state index contributed by atoms with van der Waals surface area (Å²) >= 11 is 0. The van der Waals surface area contributed by atoms with E-state index in [1.807, 2.05) is 0 Å². The average molecular weight is 196 g/mol. The van der Waals surface area contributed by atoms with Crippen LogP contribution in [0, 0.1) is 5.82 Å². The molecule has 1 heterocycles. The first-order valence-corrected chi connectivity index (χ1v) is 4.31. The van der Waals surface area contributed by atoms with E-state index < -0.39 is 5.82 Å². The fourth-order valence-corrected chi connectivity index (χ4v) is 1.53. The van der Waals surface area contributed by atoms with E-state index in [1.165, 1.54) is 6.07 Å². The van der Waals surface area contributed by atoms with Gasteiger partial charge >= 0.3 is 0 Å². The van der Waals surface area contributed by atoms with Gasteiger partial charge in [0.2, 0.25) is 0 Å². The molecule has 0 aliphatic carbocycles. The van der Waals surface area contributed by atoms with Crippen molar-refractivity contribution in [1.82, 2.24) is 0 Å². The van der Waals surface area contributed by atoms with Gasteiger partial charge in [-0.05, 0) is 12.1 Å². The summed E-state index contributed by atoms with van der Waals surface area (Å²) in [7, 11) is 0. The van der Waals surface area contributed by atoms with Crippen LogP contribution in [-0.2, 0) is 6.61 Å². The number of ketones is 1. The van der Waals surface area contributed by atoms with Gasteiger partial charge in [-0.1, -0.05) is 0 Å². The summed E-state index contributed by atoms with van der Waals surface area (Å²) in [5.41, 5.74) is 0.563. The summed E-state index contributed by atoms with van der Waals surface area (Å²) in [4.78, 5) is 11.4. The lowest BCUT2D eigenvalue weighted by Crippen LogP contribution is -2.17. The lowest BCUT2D eigenvalue weighted by molar-refractivity contribution is 0.0930. The molecule has 74 valence electrons. The molecule has 3 nitrogen and oxygen atoms in total. The predicted octanol–water partition coefficient (Wildman–Crippen LogP) is 1.28. The first kappa shape index (κ1) is 9.15. The van der Waals surface area contributed by atoms with Crippen molar-refractivity contribution in [3.8, 4) is 5.75 Å². The zero-order valence-corrected chi connectivity index (χ0v) is 7.42. The normalized spacial score (nSPS) is 14.9. The number of Topliss-reactive ketones (excluding diaryl/α,β-unsaturated/α-hetero) is 1. The monoisotopic (exact) mass is 196 g/mol. The standard InChI is InChI=1S/C10H9FO3/c11-7-3-6(5-12)10-8(4-7)9(13)1-2-14-10/h3-4,12H,1-2,5H2. The molecular weight excluding hydrogens is 187 g/mol. The van der Waals surface area contributed by atoms with Crippen molar-refractivity contribution in [2.45, 2.75) is 13.0 Å². The number of carbonyl (C=O) groups excluding carboxylic acids is 1. The third kappa shape index (κ3) is 1.37. The van der Waals surface area contributed by atoms with Gasteiger partial charge in [-0.3, -0.25) is 4.79 Å². The molecule has 1 aliphatic rings. The van der Waals surface area contributed by atoms with E-state index in [9.17, 15) is 9.18 Å². The lowest BCUT2D eigenvalue weighted by Gasteiger charge is -2.18. The number of ether oxygens (including phenoxy) is 1. The van der Waals surface area contributed by atoms with Gasteiger partial charge in [0.25, 0.3) is 0 Å². The minimum atomic E-state index is -0.522. The predicted molar refractivity (Wildman–Crippen MR) is 46.8 cm³/mol. The Morgan fingerprint density at radius 1 is 1.50 bits per heavy atom. The number of hydrogen-bond acceptors (Lipinski definition) is 3. The Morgan fingerprint density at radius 3 is 3.00 bits per heavy atom. The Balaban J connectivity index is 2.60. The maximum atomic E-state index is 13.0. The molecule has 1 aliphatic heterocycles. The number of rotatable bonds is 1. The van der Waals surface area contributed by atoms with Gasteiger partial charge in [0.05, 0.1) is 18.8 Å². The van der Waals surface area contributed by atoms with E-state index in [4.69, 9.17) is 9.84 Å². The molecule has 14 heavy (non-hydrogen) atoms. The van der Waals surface area contributed by atoms with Crippen molar-refractivity contribution in [3.63, 3.8) is 0 Å². The number of fused-ring (bicyclic) bond motifs is 1. The summed E-state index contributed by atoms with van der Waals surface area (Å²) in [6.45, 7) is -0.0299. The van der Waals surface area contributed by atoms with Crippen LogP contribution >= 0.6 is 0 Å². The zero-order chi connectivity index (χ0) is 10.1. The molecule has 0 bridgehead atoms. The van der Waals surface area contributed by atoms with Gasteiger partial charge in [0.1, 0.15) is 11.6 Å². The fourth-order valence-electron chi connectivity index (χ4n) is 1.53. The van der Waals surface area contributed by atoms with E-state index in [-0.39, 0.29) is 24.4 Å². The Bertz CT molecular complexity index is 387. The molecule has 1 aromatic rings. The number of hydrogen-bond donors (Lipinski definition) is 1. The Hall–Kier alpha value is -1.42. The molecule has 0 saturated heterocycles. The molecule has 0 unspecified atom stereocenters.